The average molecular weight is 309 g/mol. The standard InChI is InChI=1S/C17H15N3O3/c1-22-15-6-4-14(5-7-15)20-10-13(11-21)19-17(20)12-3-8-16(23-2)18-9-12/h3-11H,1-2H3. The first kappa shape index (κ1) is 14.8. The number of carbonyl (C=O) groups excluding carboxylic acids is 1. The Kier molecular flexibility index (Phi) is 4.05. The largest absolute Gasteiger partial charge is 0.497 e. The molecule has 0 aliphatic rings. The average Bonchev–Trinajstić information content (AvgIpc) is 3.06. The molecule has 6 nitrogen and oxygen atoms in total. The molecule has 0 bridgehead atoms. The van der Waals surface area contributed by atoms with Gasteiger partial charge in [-0.05, 0) is 30.3 Å². The van der Waals surface area contributed by atoms with Gasteiger partial charge in [-0.25, -0.2) is 9.97 Å². The highest BCUT2D eigenvalue weighted by Gasteiger charge is 2.12. The fourth-order valence-electron chi connectivity index (χ4n) is 2.23. The van der Waals surface area contributed by atoms with Crippen LogP contribution in [0.4, 0.5) is 0 Å². The van der Waals surface area contributed by atoms with Crippen molar-refractivity contribution in [2.24, 2.45) is 0 Å². The number of carbonyl (C=O) groups is 1. The summed E-state index contributed by atoms with van der Waals surface area (Å²) >= 11 is 0. The van der Waals surface area contributed by atoms with Crippen molar-refractivity contribution in [2.45, 2.75) is 0 Å². The highest BCUT2D eigenvalue weighted by molar-refractivity contribution is 5.74. The molecule has 1 aromatic carbocycles. The van der Waals surface area contributed by atoms with Crippen molar-refractivity contribution in [3.8, 4) is 28.7 Å². The lowest BCUT2D eigenvalue weighted by atomic mass is 10.2. The number of hydrogen-bond donors (Lipinski definition) is 0. The van der Waals surface area contributed by atoms with Crippen molar-refractivity contribution in [1.82, 2.24) is 14.5 Å². The summed E-state index contributed by atoms with van der Waals surface area (Å²) in [6, 6.07) is 11.1. The molecule has 2 heterocycles. The van der Waals surface area contributed by atoms with E-state index < -0.39 is 0 Å². The molecule has 0 saturated carbocycles. The molecule has 2 aromatic heterocycles. The van der Waals surface area contributed by atoms with E-state index in [1.807, 2.05) is 34.9 Å². The molecule has 0 N–H and O–H groups in total. The number of imidazole rings is 1. The van der Waals surface area contributed by atoms with Crippen molar-refractivity contribution in [2.75, 3.05) is 14.2 Å². The predicted molar refractivity (Wildman–Crippen MR) is 85.3 cm³/mol. The summed E-state index contributed by atoms with van der Waals surface area (Å²) in [5.41, 5.74) is 2.01. The molecule has 0 fully saturated rings. The Labute approximate surface area is 133 Å². The molecule has 23 heavy (non-hydrogen) atoms. The number of methoxy groups -OCH3 is 2. The smallest absolute Gasteiger partial charge is 0.212 e. The Morgan fingerprint density at radius 3 is 2.39 bits per heavy atom. The summed E-state index contributed by atoms with van der Waals surface area (Å²) < 4.78 is 12.1. The van der Waals surface area contributed by atoms with E-state index in [0.29, 0.717) is 17.4 Å². The molecule has 0 amide bonds. The third-order valence-electron chi connectivity index (χ3n) is 3.40. The first-order chi connectivity index (χ1) is 11.2. The zero-order valence-electron chi connectivity index (χ0n) is 12.8. The third kappa shape index (κ3) is 2.91. The van der Waals surface area contributed by atoms with Gasteiger partial charge >= 0.3 is 0 Å². The van der Waals surface area contributed by atoms with Crippen molar-refractivity contribution in [3.05, 3.63) is 54.5 Å². The molecule has 0 atom stereocenters. The van der Waals surface area contributed by atoms with Gasteiger partial charge in [0, 0.05) is 29.7 Å². The molecule has 3 rings (SSSR count). The lowest BCUT2D eigenvalue weighted by Gasteiger charge is -2.09. The van der Waals surface area contributed by atoms with Crippen molar-refractivity contribution in [3.63, 3.8) is 0 Å². The fraction of sp³-hybridized carbons (Fsp3) is 0.118. The highest BCUT2D eigenvalue weighted by Crippen LogP contribution is 2.24. The Morgan fingerprint density at radius 1 is 1.04 bits per heavy atom. The molecule has 0 radical (unpaired) electrons. The Bertz CT molecular complexity index is 743. The molecule has 0 spiro atoms. The molecular weight excluding hydrogens is 294 g/mol. The quantitative estimate of drug-likeness (QED) is 0.678. The van der Waals surface area contributed by atoms with E-state index in [2.05, 4.69) is 9.97 Å². The van der Waals surface area contributed by atoms with E-state index in [4.69, 9.17) is 9.47 Å². The van der Waals surface area contributed by atoms with Crippen LogP contribution in [0.25, 0.3) is 17.1 Å². The number of pyridine rings is 1. The number of aldehydes is 1. The molecule has 116 valence electrons. The van der Waals surface area contributed by atoms with Gasteiger partial charge in [0.2, 0.25) is 5.88 Å². The number of ether oxygens (including phenoxy) is 2. The topological polar surface area (TPSA) is 66.2 Å². The second-order valence-corrected chi connectivity index (χ2v) is 4.76. The van der Waals surface area contributed by atoms with Crippen molar-refractivity contribution >= 4 is 6.29 Å². The summed E-state index contributed by atoms with van der Waals surface area (Å²) in [5, 5.41) is 0. The van der Waals surface area contributed by atoms with Gasteiger partial charge < -0.3 is 9.47 Å². The van der Waals surface area contributed by atoms with Gasteiger partial charge in [-0.3, -0.25) is 9.36 Å². The van der Waals surface area contributed by atoms with Crippen LogP contribution in [-0.4, -0.2) is 35.0 Å². The lowest BCUT2D eigenvalue weighted by molar-refractivity contribution is 0.111. The van der Waals surface area contributed by atoms with Gasteiger partial charge in [0.05, 0.1) is 14.2 Å². The maximum Gasteiger partial charge on any atom is 0.212 e. The van der Waals surface area contributed by atoms with Gasteiger partial charge in [0.15, 0.2) is 6.29 Å². The molecular formula is C17H15N3O3. The highest BCUT2D eigenvalue weighted by atomic mass is 16.5. The van der Waals surface area contributed by atoms with Crippen LogP contribution in [0.3, 0.4) is 0 Å². The summed E-state index contributed by atoms with van der Waals surface area (Å²) in [6.07, 6.45) is 4.07. The van der Waals surface area contributed by atoms with Crippen LogP contribution < -0.4 is 9.47 Å². The van der Waals surface area contributed by atoms with Crippen LogP contribution in [-0.2, 0) is 0 Å². The second kappa shape index (κ2) is 6.31. The Morgan fingerprint density at radius 2 is 1.83 bits per heavy atom. The second-order valence-electron chi connectivity index (χ2n) is 4.76. The third-order valence-corrected chi connectivity index (χ3v) is 3.40. The summed E-state index contributed by atoms with van der Waals surface area (Å²) in [6.45, 7) is 0. The van der Waals surface area contributed by atoms with Crippen LogP contribution in [0.5, 0.6) is 11.6 Å². The van der Waals surface area contributed by atoms with Crippen molar-refractivity contribution < 1.29 is 14.3 Å². The SMILES string of the molecule is COc1ccc(-n2cc(C=O)nc2-c2ccc(OC)nc2)cc1. The minimum atomic E-state index is 0.353. The number of hydrogen-bond acceptors (Lipinski definition) is 5. The number of rotatable bonds is 5. The van der Waals surface area contributed by atoms with E-state index in [-0.39, 0.29) is 0 Å². The Hall–Kier alpha value is -3.15. The van der Waals surface area contributed by atoms with E-state index >= 15 is 0 Å². The number of nitrogens with zero attached hydrogens (tertiary/aromatic N) is 3. The van der Waals surface area contributed by atoms with Gasteiger partial charge in [0.25, 0.3) is 0 Å². The molecule has 3 aromatic rings. The van der Waals surface area contributed by atoms with Gasteiger partial charge in [-0.15, -0.1) is 0 Å². The van der Waals surface area contributed by atoms with E-state index in [9.17, 15) is 4.79 Å². The summed E-state index contributed by atoms with van der Waals surface area (Å²) in [4.78, 5) is 19.6. The minimum absolute atomic E-state index is 0.353. The Balaban J connectivity index is 2.08. The van der Waals surface area contributed by atoms with Crippen LogP contribution in [0.1, 0.15) is 10.5 Å². The normalized spacial score (nSPS) is 10.3. The zero-order valence-corrected chi connectivity index (χ0v) is 12.8. The van der Waals surface area contributed by atoms with E-state index in [1.165, 1.54) is 0 Å². The molecule has 6 heteroatoms. The maximum absolute atomic E-state index is 11.1. The zero-order chi connectivity index (χ0) is 16.2. The number of aromatic nitrogens is 3. The first-order valence-corrected chi connectivity index (χ1v) is 6.94. The van der Waals surface area contributed by atoms with E-state index in [0.717, 1.165) is 23.3 Å². The molecule has 0 aliphatic heterocycles. The first-order valence-electron chi connectivity index (χ1n) is 6.94. The molecule has 0 saturated heterocycles. The monoisotopic (exact) mass is 309 g/mol. The minimum Gasteiger partial charge on any atom is -0.497 e. The van der Waals surface area contributed by atoms with Crippen molar-refractivity contribution in [1.29, 1.82) is 0 Å². The van der Waals surface area contributed by atoms with E-state index in [1.54, 1.807) is 32.7 Å². The van der Waals surface area contributed by atoms with Gasteiger partial charge in [-0.2, -0.15) is 0 Å². The molecule has 0 unspecified atom stereocenters. The predicted octanol–water partition coefficient (Wildman–Crippen LogP) is 2.76. The van der Waals surface area contributed by atoms with Crippen LogP contribution >= 0.6 is 0 Å². The van der Waals surface area contributed by atoms with Gasteiger partial charge in [0.1, 0.15) is 17.3 Å². The fourth-order valence-corrected chi connectivity index (χ4v) is 2.23. The molecule has 0 aliphatic carbocycles. The van der Waals surface area contributed by atoms with Crippen LogP contribution in [0.2, 0.25) is 0 Å². The van der Waals surface area contributed by atoms with Crippen LogP contribution in [0.15, 0.2) is 48.8 Å². The maximum atomic E-state index is 11.1. The van der Waals surface area contributed by atoms with Gasteiger partial charge in [-0.1, -0.05) is 0 Å². The lowest BCUT2D eigenvalue weighted by Crippen LogP contribution is -1.97. The summed E-state index contributed by atoms with van der Waals surface area (Å²) in [7, 11) is 3.18. The number of benzene rings is 1. The van der Waals surface area contributed by atoms with Crippen LogP contribution in [0, 0.1) is 0 Å². The summed E-state index contributed by atoms with van der Waals surface area (Å²) in [5.74, 6) is 1.91.